The molecule has 0 aromatic heterocycles. The Hall–Kier alpha value is -2.37. The minimum absolute atomic E-state index is 0.0421. The van der Waals surface area contributed by atoms with E-state index in [4.69, 9.17) is 5.11 Å². The molecule has 3 N–H and O–H groups in total. The van der Waals surface area contributed by atoms with Gasteiger partial charge in [-0.25, -0.2) is 0 Å². The molecule has 1 saturated carbocycles. The van der Waals surface area contributed by atoms with Crippen molar-refractivity contribution in [2.45, 2.75) is 38.5 Å². The Morgan fingerprint density at radius 1 is 1.29 bits per heavy atom. The van der Waals surface area contributed by atoms with Crippen molar-refractivity contribution >= 4 is 23.5 Å². The summed E-state index contributed by atoms with van der Waals surface area (Å²) in [5, 5.41) is 14.7. The lowest BCUT2D eigenvalue weighted by Gasteiger charge is -2.32. The van der Waals surface area contributed by atoms with E-state index in [2.05, 4.69) is 17.6 Å². The first kappa shape index (κ1) is 16.5. The maximum atomic E-state index is 12.1. The number of rotatable bonds is 6. The second-order valence-electron chi connectivity index (χ2n) is 6.53. The summed E-state index contributed by atoms with van der Waals surface area (Å²) in [6.07, 6.45) is 2.60. The first-order valence-electron chi connectivity index (χ1n) is 8.45. The van der Waals surface area contributed by atoms with Crippen molar-refractivity contribution < 1.29 is 19.5 Å². The molecule has 1 fully saturated rings. The smallest absolute Gasteiger partial charge is 0.307 e. The average Bonchev–Trinajstić information content (AvgIpc) is 2.80. The maximum absolute atomic E-state index is 12.1. The normalized spacial score (nSPS) is 24.7. The van der Waals surface area contributed by atoms with Crippen LogP contribution in [0.5, 0.6) is 0 Å². The summed E-state index contributed by atoms with van der Waals surface area (Å²) in [6.45, 7) is 2.44. The zero-order valence-electron chi connectivity index (χ0n) is 13.7. The minimum atomic E-state index is -0.905. The van der Waals surface area contributed by atoms with Crippen LogP contribution in [0.3, 0.4) is 0 Å². The number of anilines is 1. The molecular formula is C18H22N2O4. The highest BCUT2D eigenvalue weighted by molar-refractivity contribution is 6.03. The van der Waals surface area contributed by atoms with Crippen LogP contribution in [-0.2, 0) is 20.8 Å². The Kier molecular flexibility index (Phi) is 4.55. The van der Waals surface area contributed by atoms with Crippen LogP contribution in [0.1, 0.15) is 43.2 Å². The van der Waals surface area contributed by atoms with Gasteiger partial charge in [0.05, 0.1) is 17.8 Å². The third-order valence-electron chi connectivity index (χ3n) is 5.13. The Morgan fingerprint density at radius 2 is 2.04 bits per heavy atom. The fraction of sp³-hybridized carbons (Fsp3) is 0.500. The van der Waals surface area contributed by atoms with Crippen LogP contribution in [0.25, 0.3) is 0 Å². The van der Waals surface area contributed by atoms with Crippen LogP contribution >= 0.6 is 0 Å². The number of fused-ring (bicyclic) bond motifs is 1. The van der Waals surface area contributed by atoms with Gasteiger partial charge in [-0.1, -0.05) is 19.1 Å². The van der Waals surface area contributed by atoms with Gasteiger partial charge in [0.2, 0.25) is 11.8 Å². The number of aliphatic carboxylic acids is 1. The molecule has 1 aliphatic carbocycles. The quantitative estimate of drug-likeness (QED) is 0.742. The molecule has 0 spiro atoms. The third kappa shape index (κ3) is 3.00. The van der Waals surface area contributed by atoms with Crippen LogP contribution in [0.15, 0.2) is 18.2 Å². The molecule has 1 aromatic rings. The SMILES string of the molecule is CCc1ccc2c(c1)C(CCNC(=O)C1CCC1C(=O)O)C(=O)N2. The summed E-state index contributed by atoms with van der Waals surface area (Å²) in [5.41, 5.74) is 3.01. The average molecular weight is 330 g/mol. The van der Waals surface area contributed by atoms with Crippen molar-refractivity contribution in [3.63, 3.8) is 0 Å². The lowest BCUT2D eigenvalue weighted by molar-refractivity contribution is -0.152. The van der Waals surface area contributed by atoms with Crippen LogP contribution in [0.4, 0.5) is 5.69 Å². The Bertz CT molecular complexity index is 686. The molecule has 0 bridgehead atoms. The van der Waals surface area contributed by atoms with E-state index in [1.165, 1.54) is 5.56 Å². The molecule has 6 heteroatoms. The number of carbonyl (C=O) groups excluding carboxylic acids is 2. The highest BCUT2D eigenvalue weighted by Crippen LogP contribution is 2.36. The van der Waals surface area contributed by atoms with Crippen molar-refractivity contribution in [3.8, 4) is 0 Å². The molecule has 2 amide bonds. The fourth-order valence-corrected chi connectivity index (χ4v) is 3.46. The van der Waals surface area contributed by atoms with Gasteiger partial charge in [0.25, 0.3) is 0 Å². The molecule has 128 valence electrons. The van der Waals surface area contributed by atoms with Gasteiger partial charge in [-0.05, 0) is 42.9 Å². The lowest BCUT2D eigenvalue weighted by atomic mass is 9.73. The predicted molar refractivity (Wildman–Crippen MR) is 88.7 cm³/mol. The maximum Gasteiger partial charge on any atom is 0.307 e. The largest absolute Gasteiger partial charge is 0.481 e. The number of nitrogens with one attached hydrogen (secondary N) is 2. The molecule has 6 nitrogen and oxygen atoms in total. The van der Waals surface area contributed by atoms with Crippen molar-refractivity contribution in [3.05, 3.63) is 29.3 Å². The van der Waals surface area contributed by atoms with E-state index < -0.39 is 17.8 Å². The van der Waals surface area contributed by atoms with Gasteiger partial charge in [-0.3, -0.25) is 14.4 Å². The molecule has 1 aromatic carbocycles. The molecule has 1 heterocycles. The zero-order valence-corrected chi connectivity index (χ0v) is 13.7. The number of carboxylic acid groups (broad SMARTS) is 1. The lowest BCUT2D eigenvalue weighted by Crippen LogP contribution is -2.44. The van der Waals surface area contributed by atoms with Gasteiger partial charge in [0, 0.05) is 12.2 Å². The van der Waals surface area contributed by atoms with Gasteiger partial charge in [-0.2, -0.15) is 0 Å². The van der Waals surface area contributed by atoms with E-state index >= 15 is 0 Å². The zero-order chi connectivity index (χ0) is 17.3. The van der Waals surface area contributed by atoms with E-state index in [1.807, 2.05) is 18.2 Å². The monoisotopic (exact) mass is 330 g/mol. The Balaban J connectivity index is 1.57. The summed E-state index contributed by atoms with van der Waals surface area (Å²) < 4.78 is 0. The Morgan fingerprint density at radius 3 is 2.67 bits per heavy atom. The van der Waals surface area contributed by atoms with Gasteiger partial charge >= 0.3 is 5.97 Å². The topological polar surface area (TPSA) is 95.5 Å². The van der Waals surface area contributed by atoms with Crippen LogP contribution in [0.2, 0.25) is 0 Å². The van der Waals surface area contributed by atoms with E-state index in [9.17, 15) is 14.4 Å². The van der Waals surface area contributed by atoms with E-state index in [0.29, 0.717) is 25.8 Å². The number of carboxylic acids is 1. The van der Waals surface area contributed by atoms with Gasteiger partial charge in [0.15, 0.2) is 0 Å². The van der Waals surface area contributed by atoms with E-state index in [0.717, 1.165) is 17.7 Å². The number of hydrogen-bond donors (Lipinski definition) is 3. The number of hydrogen-bond acceptors (Lipinski definition) is 3. The van der Waals surface area contributed by atoms with Crippen LogP contribution in [-0.4, -0.2) is 29.4 Å². The first-order valence-corrected chi connectivity index (χ1v) is 8.45. The van der Waals surface area contributed by atoms with E-state index in [-0.39, 0.29) is 17.7 Å². The van der Waals surface area contributed by atoms with Crippen LogP contribution < -0.4 is 10.6 Å². The van der Waals surface area contributed by atoms with Gasteiger partial charge in [-0.15, -0.1) is 0 Å². The molecule has 3 atom stereocenters. The molecule has 0 radical (unpaired) electrons. The van der Waals surface area contributed by atoms with Crippen molar-refractivity contribution in [1.29, 1.82) is 0 Å². The van der Waals surface area contributed by atoms with Gasteiger partial charge in [0.1, 0.15) is 0 Å². The second kappa shape index (κ2) is 6.63. The number of carbonyl (C=O) groups is 3. The summed E-state index contributed by atoms with van der Waals surface area (Å²) in [6, 6.07) is 5.98. The molecule has 3 unspecified atom stereocenters. The predicted octanol–water partition coefficient (Wildman–Crippen LogP) is 1.90. The summed E-state index contributed by atoms with van der Waals surface area (Å²) in [4.78, 5) is 35.2. The third-order valence-corrected chi connectivity index (χ3v) is 5.13. The summed E-state index contributed by atoms with van der Waals surface area (Å²) in [7, 11) is 0. The minimum Gasteiger partial charge on any atom is -0.481 e. The summed E-state index contributed by atoms with van der Waals surface area (Å²) >= 11 is 0. The highest BCUT2D eigenvalue weighted by Gasteiger charge is 2.41. The molecular weight excluding hydrogens is 308 g/mol. The number of amides is 2. The molecule has 0 saturated heterocycles. The second-order valence-corrected chi connectivity index (χ2v) is 6.53. The van der Waals surface area contributed by atoms with E-state index in [1.54, 1.807) is 0 Å². The first-order chi connectivity index (χ1) is 11.5. The molecule has 3 rings (SSSR count). The highest BCUT2D eigenvalue weighted by atomic mass is 16.4. The Labute approximate surface area is 140 Å². The van der Waals surface area contributed by atoms with Crippen molar-refractivity contribution in [2.24, 2.45) is 11.8 Å². The molecule has 2 aliphatic rings. The standard InChI is InChI=1S/C18H22N2O4/c1-2-10-3-6-15-14(9-10)12(17(22)20-15)7-8-19-16(21)11-4-5-13(11)18(23)24/h3,6,9,11-13H,2,4-5,7-8H2,1H3,(H,19,21)(H,20,22)(H,23,24). The number of benzene rings is 1. The van der Waals surface area contributed by atoms with Crippen molar-refractivity contribution in [1.82, 2.24) is 5.32 Å². The fourth-order valence-electron chi connectivity index (χ4n) is 3.46. The molecule has 24 heavy (non-hydrogen) atoms. The van der Waals surface area contributed by atoms with Crippen molar-refractivity contribution in [2.75, 3.05) is 11.9 Å². The summed E-state index contributed by atoms with van der Waals surface area (Å²) in [5.74, 6) is -2.42. The van der Waals surface area contributed by atoms with Gasteiger partial charge < -0.3 is 15.7 Å². The number of aryl methyl sites for hydroxylation is 1. The molecule has 1 aliphatic heterocycles. The van der Waals surface area contributed by atoms with Crippen LogP contribution in [0, 0.1) is 11.8 Å².